The van der Waals surface area contributed by atoms with E-state index in [1.54, 1.807) is 11.8 Å². The Morgan fingerprint density at radius 3 is 2.59 bits per heavy atom. The van der Waals surface area contributed by atoms with Gasteiger partial charge in [-0.1, -0.05) is 42.1 Å². The van der Waals surface area contributed by atoms with Crippen molar-refractivity contribution in [2.24, 2.45) is 0 Å². The predicted octanol–water partition coefficient (Wildman–Crippen LogP) is 6.25. The first-order valence-electron chi connectivity index (χ1n) is 9.82. The van der Waals surface area contributed by atoms with Gasteiger partial charge in [0.05, 0.1) is 11.3 Å². The van der Waals surface area contributed by atoms with E-state index in [1.165, 1.54) is 5.56 Å². The zero-order valence-corrected chi connectivity index (χ0v) is 17.6. The average Bonchev–Trinajstić information content (AvgIpc) is 2.89. The van der Waals surface area contributed by atoms with Crippen molar-refractivity contribution in [3.05, 3.63) is 71.8 Å². The SMILES string of the molecule is O=C1Nc2cc(S)ccc2Sc2ccc(-c3cccc(C4CCOCC4)c3)cc21. The first-order valence-corrected chi connectivity index (χ1v) is 11.1. The Bertz CT molecular complexity index is 1090. The molecule has 3 aromatic carbocycles. The Hall–Kier alpha value is -2.21. The van der Waals surface area contributed by atoms with Gasteiger partial charge in [-0.2, -0.15) is 0 Å². The summed E-state index contributed by atoms with van der Waals surface area (Å²) in [5.74, 6) is 0.473. The Morgan fingerprint density at radius 1 is 0.931 bits per heavy atom. The molecule has 1 saturated heterocycles. The highest BCUT2D eigenvalue weighted by Gasteiger charge is 2.21. The van der Waals surface area contributed by atoms with E-state index in [1.807, 2.05) is 24.3 Å². The fraction of sp³-hybridized carbons (Fsp3) is 0.208. The Labute approximate surface area is 180 Å². The number of ether oxygens (including phenoxy) is 1. The van der Waals surface area contributed by atoms with E-state index in [9.17, 15) is 4.79 Å². The van der Waals surface area contributed by atoms with Crippen molar-refractivity contribution in [3.8, 4) is 11.1 Å². The second-order valence-corrected chi connectivity index (χ2v) is 9.06. The van der Waals surface area contributed by atoms with Gasteiger partial charge in [-0.15, -0.1) is 12.6 Å². The second-order valence-electron chi connectivity index (χ2n) is 7.46. The van der Waals surface area contributed by atoms with Crippen molar-refractivity contribution < 1.29 is 9.53 Å². The van der Waals surface area contributed by atoms with Crippen LogP contribution in [0, 0.1) is 0 Å². The number of fused-ring (bicyclic) bond motifs is 2. The third-order valence-corrected chi connectivity index (χ3v) is 7.00. The number of anilines is 1. The van der Waals surface area contributed by atoms with Crippen LogP contribution in [0.4, 0.5) is 5.69 Å². The zero-order valence-electron chi connectivity index (χ0n) is 15.9. The molecule has 5 rings (SSSR count). The fourth-order valence-electron chi connectivity index (χ4n) is 3.99. The molecule has 0 aromatic heterocycles. The van der Waals surface area contributed by atoms with Crippen LogP contribution < -0.4 is 5.32 Å². The highest BCUT2D eigenvalue weighted by molar-refractivity contribution is 7.99. The van der Waals surface area contributed by atoms with Crippen LogP contribution in [0.1, 0.15) is 34.7 Å². The summed E-state index contributed by atoms with van der Waals surface area (Å²) in [5, 5.41) is 3.04. The van der Waals surface area contributed by atoms with Crippen LogP contribution in [-0.4, -0.2) is 19.1 Å². The lowest BCUT2D eigenvalue weighted by Gasteiger charge is -2.23. The van der Waals surface area contributed by atoms with Gasteiger partial charge in [0.15, 0.2) is 0 Å². The van der Waals surface area contributed by atoms with E-state index < -0.39 is 0 Å². The number of carbonyl (C=O) groups excluding carboxylic acids is 1. The first kappa shape index (κ1) is 18.8. The number of carbonyl (C=O) groups is 1. The summed E-state index contributed by atoms with van der Waals surface area (Å²) >= 11 is 6.01. The van der Waals surface area contributed by atoms with E-state index in [2.05, 4.69) is 54.3 Å². The van der Waals surface area contributed by atoms with Crippen LogP contribution in [0.15, 0.2) is 75.4 Å². The average molecular weight is 420 g/mol. The standard InChI is InChI=1S/C24H21NO2S2/c26-24-20-13-18(17-3-1-2-16(12-17)15-8-10-27-11-9-15)4-6-22(20)29-23-7-5-19(28)14-21(23)25-24/h1-7,12-15,28H,8-11H2,(H,25,26). The monoisotopic (exact) mass is 419 g/mol. The van der Waals surface area contributed by atoms with E-state index >= 15 is 0 Å². The summed E-state index contributed by atoms with van der Waals surface area (Å²) in [7, 11) is 0. The molecule has 0 radical (unpaired) electrons. The van der Waals surface area contributed by atoms with E-state index in [-0.39, 0.29) is 5.91 Å². The quantitative estimate of drug-likeness (QED) is 0.482. The molecule has 2 heterocycles. The van der Waals surface area contributed by atoms with Gasteiger partial charge in [-0.05, 0) is 65.8 Å². The molecule has 3 aromatic rings. The number of nitrogens with one attached hydrogen (secondary N) is 1. The first-order chi connectivity index (χ1) is 14.2. The predicted molar refractivity (Wildman–Crippen MR) is 120 cm³/mol. The zero-order chi connectivity index (χ0) is 19.8. The lowest BCUT2D eigenvalue weighted by Crippen LogP contribution is -2.14. The maximum Gasteiger partial charge on any atom is 0.256 e. The van der Waals surface area contributed by atoms with Crippen molar-refractivity contribution in [3.63, 3.8) is 0 Å². The van der Waals surface area contributed by atoms with Gasteiger partial charge in [-0.3, -0.25) is 4.79 Å². The molecule has 0 aliphatic carbocycles. The van der Waals surface area contributed by atoms with Crippen molar-refractivity contribution in [1.29, 1.82) is 0 Å². The van der Waals surface area contributed by atoms with Gasteiger partial charge >= 0.3 is 0 Å². The number of hydrogen-bond acceptors (Lipinski definition) is 4. The van der Waals surface area contributed by atoms with Gasteiger partial charge in [0.1, 0.15) is 0 Å². The van der Waals surface area contributed by atoms with Crippen molar-refractivity contribution in [1.82, 2.24) is 0 Å². The normalized spacial score (nSPS) is 16.5. The van der Waals surface area contributed by atoms with Crippen LogP contribution in [0.25, 0.3) is 11.1 Å². The molecule has 1 N–H and O–H groups in total. The van der Waals surface area contributed by atoms with Crippen molar-refractivity contribution in [2.75, 3.05) is 18.5 Å². The van der Waals surface area contributed by atoms with Gasteiger partial charge in [0.2, 0.25) is 0 Å². The van der Waals surface area contributed by atoms with E-state index in [0.717, 1.165) is 57.6 Å². The minimum atomic E-state index is -0.0763. The van der Waals surface area contributed by atoms with Crippen LogP contribution in [0.3, 0.4) is 0 Å². The van der Waals surface area contributed by atoms with Crippen LogP contribution in [0.2, 0.25) is 0 Å². The Kier molecular flexibility index (Phi) is 5.12. The fourth-order valence-corrected chi connectivity index (χ4v) is 5.19. The Morgan fingerprint density at radius 2 is 1.72 bits per heavy atom. The minimum absolute atomic E-state index is 0.0763. The lowest BCUT2D eigenvalue weighted by atomic mass is 9.89. The molecule has 1 fully saturated rings. The highest BCUT2D eigenvalue weighted by atomic mass is 32.2. The van der Waals surface area contributed by atoms with Crippen LogP contribution >= 0.6 is 24.4 Å². The summed E-state index contributed by atoms with van der Waals surface area (Å²) in [6.07, 6.45) is 2.14. The molecule has 5 heteroatoms. The molecule has 0 bridgehead atoms. The van der Waals surface area contributed by atoms with Crippen molar-refractivity contribution >= 4 is 36.0 Å². The molecule has 146 valence electrons. The number of hydrogen-bond donors (Lipinski definition) is 2. The van der Waals surface area contributed by atoms with Crippen LogP contribution in [0.5, 0.6) is 0 Å². The number of rotatable bonds is 2. The molecule has 1 amide bonds. The van der Waals surface area contributed by atoms with Gasteiger partial charge in [-0.25, -0.2) is 0 Å². The molecule has 2 aliphatic rings. The van der Waals surface area contributed by atoms with Gasteiger partial charge in [0, 0.05) is 27.9 Å². The van der Waals surface area contributed by atoms with Gasteiger partial charge < -0.3 is 10.1 Å². The molecule has 0 unspecified atom stereocenters. The summed E-state index contributed by atoms with van der Waals surface area (Å²) in [4.78, 5) is 15.8. The lowest BCUT2D eigenvalue weighted by molar-refractivity contribution is 0.0853. The topological polar surface area (TPSA) is 38.3 Å². The third kappa shape index (κ3) is 3.82. The molecule has 3 nitrogen and oxygen atoms in total. The van der Waals surface area contributed by atoms with E-state index in [4.69, 9.17) is 4.74 Å². The summed E-state index contributed by atoms with van der Waals surface area (Å²) in [6, 6.07) is 20.7. The molecule has 0 saturated carbocycles. The second kappa shape index (κ2) is 7.90. The molecule has 2 aliphatic heterocycles. The highest BCUT2D eigenvalue weighted by Crippen LogP contribution is 2.41. The molecular weight excluding hydrogens is 398 g/mol. The maximum absolute atomic E-state index is 12.9. The smallest absolute Gasteiger partial charge is 0.256 e. The summed E-state index contributed by atoms with van der Waals surface area (Å²) in [5.41, 5.74) is 5.09. The number of benzene rings is 3. The van der Waals surface area contributed by atoms with Crippen LogP contribution in [-0.2, 0) is 4.74 Å². The third-order valence-electron chi connectivity index (χ3n) is 5.57. The summed E-state index contributed by atoms with van der Waals surface area (Å²) in [6.45, 7) is 1.67. The maximum atomic E-state index is 12.9. The van der Waals surface area contributed by atoms with Crippen molar-refractivity contribution in [2.45, 2.75) is 33.4 Å². The molecule has 0 spiro atoms. The minimum Gasteiger partial charge on any atom is -0.381 e. The number of amides is 1. The van der Waals surface area contributed by atoms with E-state index in [0.29, 0.717) is 11.5 Å². The summed E-state index contributed by atoms with van der Waals surface area (Å²) < 4.78 is 5.50. The molecule has 29 heavy (non-hydrogen) atoms. The Balaban J connectivity index is 1.49. The largest absolute Gasteiger partial charge is 0.381 e. The molecular formula is C24H21NO2S2. The van der Waals surface area contributed by atoms with Gasteiger partial charge in [0.25, 0.3) is 5.91 Å². The molecule has 0 atom stereocenters. The number of thiol groups is 1.